The van der Waals surface area contributed by atoms with Gasteiger partial charge in [0.1, 0.15) is 0 Å². The predicted octanol–water partition coefficient (Wildman–Crippen LogP) is 2.90. The highest BCUT2D eigenvalue weighted by atomic mass is 16.5. The number of hydrogen-bond acceptors (Lipinski definition) is 3. The van der Waals surface area contributed by atoms with Crippen LogP contribution in [0.25, 0.3) is 0 Å². The van der Waals surface area contributed by atoms with E-state index < -0.39 is 0 Å². The van der Waals surface area contributed by atoms with E-state index >= 15 is 0 Å². The van der Waals surface area contributed by atoms with Gasteiger partial charge in [0.25, 0.3) is 0 Å². The van der Waals surface area contributed by atoms with Crippen LogP contribution in [0, 0.1) is 11.3 Å². The molecule has 1 aliphatic carbocycles. The van der Waals surface area contributed by atoms with Crippen molar-refractivity contribution in [3.05, 3.63) is 0 Å². The van der Waals surface area contributed by atoms with Crippen molar-refractivity contribution in [2.75, 3.05) is 32.8 Å². The van der Waals surface area contributed by atoms with E-state index in [1.54, 1.807) is 0 Å². The number of nitrogens with zero attached hydrogens (tertiary/aromatic N) is 1. The van der Waals surface area contributed by atoms with Gasteiger partial charge >= 0.3 is 0 Å². The summed E-state index contributed by atoms with van der Waals surface area (Å²) in [4.78, 5) is 2.75. The second-order valence-electron chi connectivity index (χ2n) is 7.75. The molecule has 3 nitrogen and oxygen atoms in total. The number of nitrogens with one attached hydrogen (secondary N) is 1. The molecule has 20 heavy (non-hydrogen) atoms. The molecule has 2 fully saturated rings. The number of hydrogen-bond donors (Lipinski definition) is 1. The fourth-order valence-corrected chi connectivity index (χ4v) is 3.33. The van der Waals surface area contributed by atoms with Crippen molar-refractivity contribution in [2.24, 2.45) is 11.3 Å². The van der Waals surface area contributed by atoms with Crippen LogP contribution in [0.5, 0.6) is 0 Å². The Morgan fingerprint density at radius 1 is 1.25 bits per heavy atom. The van der Waals surface area contributed by atoms with Crippen LogP contribution >= 0.6 is 0 Å². The highest BCUT2D eigenvalue weighted by Crippen LogP contribution is 2.35. The van der Waals surface area contributed by atoms with Crippen LogP contribution in [-0.2, 0) is 4.74 Å². The van der Waals surface area contributed by atoms with E-state index in [2.05, 4.69) is 37.9 Å². The van der Waals surface area contributed by atoms with Crippen LogP contribution < -0.4 is 5.32 Å². The molecule has 1 atom stereocenters. The Morgan fingerprint density at radius 3 is 2.50 bits per heavy atom. The third-order valence-corrected chi connectivity index (χ3v) is 4.49. The molecule has 2 aliphatic rings. The van der Waals surface area contributed by atoms with Crippen molar-refractivity contribution in [1.29, 1.82) is 0 Å². The van der Waals surface area contributed by atoms with Gasteiger partial charge in [0, 0.05) is 43.7 Å². The molecule has 118 valence electrons. The van der Waals surface area contributed by atoms with E-state index in [1.165, 1.54) is 38.8 Å². The molecule has 0 aromatic rings. The van der Waals surface area contributed by atoms with Crippen LogP contribution in [0.3, 0.4) is 0 Å². The topological polar surface area (TPSA) is 24.5 Å². The van der Waals surface area contributed by atoms with Crippen LogP contribution in [0.1, 0.15) is 53.4 Å². The van der Waals surface area contributed by atoms with Crippen LogP contribution in [-0.4, -0.2) is 49.8 Å². The lowest BCUT2D eigenvalue weighted by atomic mass is 9.81. The fourth-order valence-electron chi connectivity index (χ4n) is 3.33. The first kappa shape index (κ1) is 16.3. The predicted molar refractivity (Wildman–Crippen MR) is 85.1 cm³/mol. The Bertz CT molecular complexity index is 281. The van der Waals surface area contributed by atoms with E-state index in [1.807, 2.05) is 0 Å². The zero-order valence-corrected chi connectivity index (χ0v) is 14.0. The second-order valence-corrected chi connectivity index (χ2v) is 7.75. The first-order chi connectivity index (χ1) is 9.51. The van der Waals surface area contributed by atoms with Crippen LogP contribution in [0.15, 0.2) is 0 Å². The van der Waals surface area contributed by atoms with E-state index in [-0.39, 0.29) is 0 Å². The number of rotatable bonds is 8. The molecule has 0 spiro atoms. The molecule has 1 unspecified atom stereocenters. The average molecular weight is 282 g/mol. The van der Waals surface area contributed by atoms with E-state index in [4.69, 9.17) is 4.74 Å². The Labute approximate surface area is 125 Å². The summed E-state index contributed by atoms with van der Waals surface area (Å²) < 4.78 is 5.86. The maximum absolute atomic E-state index is 5.86. The van der Waals surface area contributed by atoms with Gasteiger partial charge < -0.3 is 10.1 Å². The molecule has 0 bridgehead atoms. The molecule has 1 saturated heterocycles. The highest BCUT2D eigenvalue weighted by molar-refractivity contribution is 4.93. The monoisotopic (exact) mass is 282 g/mol. The zero-order valence-electron chi connectivity index (χ0n) is 14.0. The molecule has 0 aromatic heterocycles. The molecular weight excluding hydrogens is 248 g/mol. The van der Waals surface area contributed by atoms with Gasteiger partial charge in [0.05, 0.1) is 6.61 Å². The summed E-state index contributed by atoms with van der Waals surface area (Å²) in [5.41, 5.74) is 0.333. The molecule has 3 heteroatoms. The van der Waals surface area contributed by atoms with Gasteiger partial charge in [0.15, 0.2) is 0 Å². The van der Waals surface area contributed by atoms with Crippen molar-refractivity contribution in [3.63, 3.8) is 0 Å². The normalized spacial score (nSPS) is 27.8. The van der Waals surface area contributed by atoms with Gasteiger partial charge in [-0.1, -0.05) is 27.7 Å². The highest BCUT2D eigenvalue weighted by Gasteiger charge is 2.39. The lowest BCUT2D eigenvalue weighted by molar-refractivity contribution is -0.0299. The molecule has 0 amide bonds. The minimum Gasteiger partial charge on any atom is -0.381 e. The number of ether oxygens (including phenoxy) is 1. The molecule has 0 radical (unpaired) electrons. The van der Waals surface area contributed by atoms with Gasteiger partial charge in [-0.05, 0) is 31.6 Å². The smallest absolute Gasteiger partial charge is 0.0546 e. The quantitative estimate of drug-likeness (QED) is 0.741. The summed E-state index contributed by atoms with van der Waals surface area (Å²) in [6, 6.07) is 1.42. The van der Waals surface area contributed by atoms with E-state index in [9.17, 15) is 0 Å². The average Bonchev–Trinajstić information content (AvgIpc) is 3.21. The van der Waals surface area contributed by atoms with Gasteiger partial charge in [-0.2, -0.15) is 0 Å². The third-order valence-electron chi connectivity index (χ3n) is 4.49. The van der Waals surface area contributed by atoms with E-state index in [0.717, 1.165) is 31.7 Å². The van der Waals surface area contributed by atoms with Crippen molar-refractivity contribution in [1.82, 2.24) is 10.2 Å². The summed E-state index contributed by atoms with van der Waals surface area (Å²) >= 11 is 0. The minimum absolute atomic E-state index is 0.333. The van der Waals surface area contributed by atoms with Crippen LogP contribution in [0.4, 0.5) is 0 Å². The van der Waals surface area contributed by atoms with Gasteiger partial charge in [-0.15, -0.1) is 0 Å². The SMILES string of the molecule is CC(C)CN(CC1(CNC(C)C)CCCOC1)C1CC1. The summed E-state index contributed by atoms with van der Waals surface area (Å²) in [7, 11) is 0. The molecule has 1 N–H and O–H groups in total. The van der Waals surface area contributed by atoms with Crippen molar-refractivity contribution >= 4 is 0 Å². The summed E-state index contributed by atoms with van der Waals surface area (Å²) in [6.07, 6.45) is 5.34. The molecule has 0 aromatic carbocycles. The fraction of sp³-hybridized carbons (Fsp3) is 1.00. The lowest BCUT2D eigenvalue weighted by Crippen LogP contribution is -2.51. The Kier molecular flexibility index (Phi) is 5.88. The molecule has 2 rings (SSSR count). The van der Waals surface area contributed by atoms with Gasteiger partial charge in [-0.3, -0.25) is 4.90 Å². The van der Waals surface area contributed by atoms with Crippen molar-refractivity contribution in [3.8, 4) is 0 Å². The van der Waals surface area contributed by atoms with Crippen LogP contribution in [0.2, 0.25) is 0 Å². The largest absolute Gasteiger partial charge is 0.381 e. The van der Waals surface area contributed by atoms with Gasteiger partial charge in [0.2, 0.25) is 0 Å². The molecule has 1 saturated carbocycles. The van der Waals surface area contributed by atoms with Crippen molar-refractivity contribution < 1.29 is 4.74 Å². The standard InChI is InChI=1S/C17H34N2O/c1-14(2)10-19(16-6-7-16)12-17(11-18-15(3)4)8-5-9-20-13-17/h14-16,18H,5-13H2,1-4H3. The van der Waals surface area contributed by atoms with E-state index in [0.29, 0.717) is 11.5 Å². The minimum atomic E-state index is 0.333. The molecule has 1 aliphatic heterocycles. The zero-order chi connectivity index (χ0) is 14.6. The lowest BCUT2D eigenvalue weighted by Gasteiger charge is -2.42. The van der Waals surface area contributed by atoms with Gasteiger partial charge in [-0.25, -0.2) is 0 Å². The Hall–Kier alpha value is -0.120. The Morgan fingerprint density at radius 2 is 2.00 bits per heavy atom. The molecular formula is C17H34N2O. The first-order valence-electron chi connectivity index (χ1n) is 8.56. The maximum atomic E-state index is 5.86. The third kappa shape index (κ3) is 5.01. The molecule has 1 heterocycles. The van der Waals surface area contributed by atoms with Crippen molar-refractivity contribution in [2.45, 2.75) is 65.5 Å². The summed E-state index contributed by atoms with van der Waals surface area (Å²) in [5, 5.41) is 3.67. The second kappa shape index (κ2) is 7.24. The first-order valence-corrected chi connectivity index (χ1v) is 8.56. The Balaban J connectivity index is 1.97. The maximum Gasteiger partial charge on any atom is 0.0546 e. The summed E-state index contributed by atoms with van der Waals surface area (Å²) in [6.45, 7) is 14.6. The summed E-state index contributed by atoms with van der Waals surface area (Å²) in [5.74, 6) is 0.759.